The van der Waals surface area contributed by atoms with Crippen LogP contribution in [0.5, 0.6) is 11.5 Å². The standard InChI is InChI=1S/C26H24N4O3/c1-15-11-16(2)21(20(31)12-15)23-22-24(29-28-23)26(32)30(14-17-5-4-10-27-13-17)25(22)18-6-8-19(33-3)9-7-18/h4-13,25,31H,14H2,1-3H3,(H,28,29). The van der Waals surface area contributed by atoms with Gasteiger partial charge in [0.15, 0.2) is 0 Å². The first-order chi connectivity index (χ1) is 16.0. The Balaban J connectivity index is 1.68. The van der Waals surface area contributed by atoms with Crippen LogP contribution >= 0.6 is 0 Å². The number of methoxy groups -OCH3 is 1. The molecule has 33 heavy (non-hydrogen) atoms. The molecule has 0 saturated heterocycles. The van der Waals surface area contributed by atoms with Gasteiger partial charge >= 0.3 is 0 Å². The number of carbonyl (C=O) groups is 1. The van der Waals surface area contributed by atoms with E-state index < -0.39 is 0 Å². The highest BCUT2D eigenvalue weighted by atomic mass is 16.5. The number of phenolic OH excluding ortho intramolecular Hbond substituents is 1. The van der Waals surface area contributed by atoms with Crippen molar-refractivity contribution in [2.45, 2.75) is 26.4 Å². The summed E-state index contributed by atoms with van der Waals surface area (Å²) in [6.07, 6.45) is 3.48. The predicted octanol–water partition coefficient (Wildman–Crippen LogP) is 4.55. The highest BCUT2D eigenvalue weighted by molar-refractivity contribution is 6.00. The number of phenols is 1. The lowest BCUT2D eigenvalue weighted by Gasteiger charge is -2.26. The van der Waals surface area contributed by atoms with Crippen molar-refractivity contribution in [3.63, 3.8) is 0 Å². The number of hydrogen-bond donors (Lipinski definition) is 2. The number of amides is 1. The van der Waals surface area contributed by atoms with Gasteiger partial charge in [-0.3, -0.25) is 14.9 Å². The summed E-state index contributed by atoms with van der Waals surface area (Å²) in [6.45, 7) is 4.27. The minimum atomic E-state index is -0.382. The van der Waals surface area contributed by atoms with Gasteiger partial charge < -0.3 is 14.7 Å². The van der Waals surface area contributed by atoms with Crippen LogP contribution in [0.3, 0.4) is 0 Å². The smallest absolute Gasteiger partial charge is 0.273 e. The zero-order valence-corrected chi connectivity index (χ0v) is 18.7. The number of aromatic hydroxyl groups is 1. The van der Waals surface area contributed by atoms with Crippen LogP contribution < -0.4 is 4.74 Å². The third-order valence-corrected chi connectivity index (χ3v) is 6.07. The Morgan fingerprint density at radius 2 is 1.94 bits per heavy atom. The molecule has 0 aliphatic carbocycles. The number of aryl methyl sites for hydroxylation is 2. The molecule has 2 aromatic heterocycles. The number of fused-ring (bicyclic) bond motifs is 1. The van der Waals surface area contributed by atoms with Gasteiger partial charge in [0, 0.05) is 30.1 Å². The normalized spacial score (nSPS) is 15.1. The summed E-state index contributed by atoms with van der Waals surface area (Å²) in [5, 5.41) is 18.2. The van der Waals surface area contributed by atoms with E-state index in [1.807, 2.05) is 61.2 Å². The maximum Gasteiger partial charge on any atom is 0.273 e. The molecular weight excluding hydrogens is 416 g/mol. The summed E-state index contributed by atoms with van der Waals surface area (Å²) in [4.78, 5) is 19.5. The Morgan fingerprint density at radius 3 is 2.61 bits per heavy atom. The third kappa shape index (κ3) is 3.51. The number of nitrogens with zero attached hydrogens (tertiary/aromatic N) is 3. The second-order valence-electron chi connectivity index (χ2n) is 8.31. The molecule has 1 unspecified atom stereocenters. The fraction of sp³-hybridized carbons (Fsp3) is 0.192. The Bertz CT molecular complexity index is 1310. The number of aromatic nitrogens is 3. The first-order valence-corrected chi connectivity index (χ1v) is 10.7. The number of pyridine rings is 1. The fourth-order valence-electron chi connectivity index (χ4n) is 4.62. The van der Waals surface area contributed by atoms with Crippen molar-refractivity contribution in [2.24, 2.45) is 0 Å². The van der Waals surface area contributed by atoms with Crippen molar-refractivity contribution < 1.29 is 14.6 Å². The minimum absolute atomic E-state index is 0.141. The van der Waals surface area contributed by atoms with Crippen molar-refractivity contribution >= 4 is 5.91 Å². The molecule has 4 aromatic rings. The lowest BCUT2D eigenvalue weighted by Crippen LogP contribution is -2.29. The average Bonchev–Trinajstić information content (AvgIpc) is 3.33. The molecule has 2 N–H and O–H groups in total. The Kier molecular flexibility index (Phi) is 5.09. The van der Waals surface area contributed by atoms with Gasteiger partial charge in [-0.05, 0) is 60.4 Å². The van der Waals surface area contributed by atoms with E-state index in [1.165, 1.54) is 0 Å². The number of ether oxygens (including phenoxy) is 1. The number of carbonyl (C=O) groups excluding carboxylic acids is 1. The van der Waals surface area contributed by atoms with Gasteiger partial charge in [0.1, 0.15) is 22.9 Å². The van der Waals surface area contributed by atoms with E-state index in [1.54, 1.807) is 25.6 Å². The van der Waals surface area contributed by atoms with Gasteiger partial charge in [-0.25, -0.2) is 0 Å². The fourth-order valence-corrected chi connectivity index (χ4v) is 4.62. The van der Waals surface area contributed by atoms with Crippen LogP contribution in [0, 0.1) is 13.8 Å². The number of aromatic amines is 1. The lowest BCUT2D eigenvalue weighted by atomic mass is 9.93. The van der Waals surface area contributed by atoms with Crippen LogP contribution in [0.25, 0.3) is 11.3 Å². The van der Waals surface area contributed by atoms with E-state index in [0.717, 1.165) is 33.6 Å². The summed E-state index contributed by atoms with van der Waals surface area (Å²) in [5.41, 5.74) is 6.13. The number of benzene rings is 2. The van der Waals surface area contributed by atoms with Crippen LogP contribution in [0.15, 0.2) is 60.9 Å². The van der Waals surface area contributed by atoms with Crippen molar-refractivity contribution in [3.05, 3.63) is 94.4 Å². The molecule has 1 aliphatic heterocycles. The van der Waals surface area contributed by atoms with Crippen LogP contribution in [0.4, 0.5) is 0 Å². The van der Waals surface area contributed by atoms with Crippen molar-refractivity contribution in [1.82, 2.24) is 20.1 Å². The first-order valence-electron chi connectivity index (χ1n) is 10.7. The molecule has 0 fully saturated rings. The third-order valence-electron chi connectivity index (χ3n) is 6.07. The number of nitrogens with one attached hydrogen (secondary N) is 1. The second kappa shape index (κ2) is 8.09. The van der Waals surface area contributed by atoms with Crippen molar-refractivity contribution in [3.8, 4) is 22.8 Å². The second-order valence-corrected chi connectivity index (χ2v) is 8.31. The van der Waals surface area contributed by atoms with Crippen LogP contribution in [0.1, 0.15) is 44.3 Å². The summed E-state index contributed by atoms with van der Waals surface area (Å²) in [7, 11) is 1.62. The van der Waals surface area contributed by atoms with Gasteiger partial charge in [-0.15, -0.1) is 0 Å². The van der Waals surface area contributed by atoms with Gasteiger partial charge in [0.05, 0.1) is 13.2 Å². The van der Waals surface area contributed by atoms with E-state index in [2.05, 4.69) is 15.2 Å². The highest BCUT2D eigenvalue weighted by Crippen LogP contribution is 2.46. The monoisotopic (exact) mass is 440 g/mol. The SMILES string of the molecule is COc1ccc(C2c3c(-c4c(C)cc(C)cc4O)n[nH]c3C(=O)N2Cc2cccnc2)cc1. The molecule has 0 saturated carbocycles. The topological polar surface area (TPSA) is 91.3 Å². The molecule has 0 radical (unpaired) electrons. The van der Waals surface area contributed by atoms with Crippen molar-refractivity contribution in [1.29, 1.82) is 0 Å². The maximum absolute atomic E-state index is 13.5. The minimum Gasteiger partial charge on any atom is -0.507 e. The summed E-state index contributed by atoms with van der Waals surface area (Å²) < 4.78 is 5.33. The molecule has 7 heteroatoms. The molecule has 0 bridgehead atoms. The first kappa shape index (κ1) is 20.8. The molecule has 0 spiro atoms. The molecule has 3 heterocycles. The van der Waals surface area contributed by atoms with Gasteiger partial charge in [-0.1, -0.05) is 24.3 Å². The van der Waals surface area contributed by atoms with Gasteiger partial charge in [0.25, 0.3) is 5.91 Å². The Hall–Kier alpha value is -4.13. The summed E-state index contributed by atoms with van der Waals surface area (Å²) in [6, 6.07) is 14.8. The Morgan fingerprint density at radius 1 is 1.15 bits per heavy atom. The zero-order chi connectivity index (χ0) is 23.1. The lowest BCUT2D eigenvalue weighted by molar-refractivity contribution is 0.0730. The van der Waals surface area contributed by atoms with E-state index in [0.29, 0.717) is 23.5 Å². The molecule has 1 atom stereocenters. The largest absolute Gasteiger partial charge is 0.507 e. The average molecular weight is 441 g/mol. The molecule has 5 rings (SSSR count). The van der Waals surface area contributed by atoms with Crippen molar-refractivity contribution in [2.75, 3.05) is 7.11 Å². The number of hydrogen-bond acceptors (Lipinski definition) is 5. The molecule has 2 aromatic carbocycles. The molecule has 7 nitrogen and oxygen atoms in total. The number of rotatable bonds is 5. The van der Waals surface area contributed by atoms with E-state index in [4.69, 9.17) is 4.74 Å². The molecular formula is C26H24N4O3. The quantitative estimate of drug-likeness (QED) is 0.475. The summed E-state index contributed by atoms with van der Waals surface area (Å²) in [5.74, 6) is 0.743. The van der Waals surface area contributed by atoms with E-state index >= 15 is 0 Å². The van der Waals surface area contributed by atoms with Gasteiger partial charge in [-0.2, -0.15) is 5.10 Å². The predicted molar refractivity (Wildman–Crippen MR) is 124 cm³/mol. The summed E-state index contributed by atoms with van der Waals surface area (Å²) >= 11 is 0. The molecule has 166 valence electrons. The van der Waals surface area contributed by atoms with Crippen LogP contribution in [-0.4, -0.2) is 38.2 Å². The van der Waals surface area contributed by atoms with E-state index in [-0.39, 0.29) is 17.7 Å². The highest BCUT2D eigenvalue weighted by Gasteiger charge is 2.42. The zero-order valence-electron chi connectivity index (χ0n) is 18.7. The Labute approximate surface area is 191 Å². The van der Waals surface area contributed by atoms with Crippen LogP contribution in [0.2, 0.25) is 0 Å². The van der Waals surface area contributed by atoms with Gasteiger partial charge in [0.2, 0.25) is 0 Å². The van der Waals surface area contributed by atoms with E-state index in [9.17, 15) is 9.90 Å². The maximum atomic E-state index is 13.5. The molecule has 1 aliphatic rings. The molecule has 1 amide bonds. The number of H-pyrrole nitrogens is 1. The van der Waals surface area contributed by atoms with Crippen LogP contribution in [-0.2, 0) is 6.54 Å².